The molecule has 19 heavy (non-hydrogen) atoms. The summed E-state index contributed by atoms with van der Waals surface area (Å²) in [6, 6.07) is 14.3. The number of rotatable bonds is 3. The predicted molar refractivity (Wildman–Crippen MR) is 74.8 cm³/mol. The molecule has 1 unspecified atom stereocenters. The van der Waals surface area contributed by atoms with E-state index >= 15 is 0 Å². The second-order valence-corrected chi connectivity index (χ2v) is 5.23. The minimum atomic E-state index is -1.17. The number of hydrogen-bond donors (Lipinski definition) is 3. The Morgan fingerprint density at radius 1 is 0.842 bits per heavy atom. The predicted octanol–water partition coefficient (Wildman–Crippen LogP) is 2.86. The zero-order valence-corrected chi connectivity index (χ0v) is 11.0. The molecule has 2 aromatic carbocycles. The first-order chi connectivity index (χ1) is 8.88. The van der Waals surface area contributed by atoms with Crippen LogP contribution in [0.5, 0.6) is 5.75 Å². The van der Waals surface area contributed by atoms with Gasteiger partial charge in [0.25, 0.3) is 0 Å². The molecule has 3 nitrogen and oxygen atoms in total. The van der Waals surface area contributed by atoms with Gasteiger partial charge in [0.1, 0.15) is 11.9 Å². The van der Waals surface area contributed by atoms with Crippen molar-refractivity contribution in [3.63, 3.8) is 0 Å². The van der Waals surface area contributed by atoms with E-state index in [9.17, 15) is 15.3 Å². The Morgan fingerprint density at radius 3 is 1.68 bits per heavy atom. The molecule has 0 spiro atoms. The molecule has 0 aliphatic heterocycles. The van der Waals surface area contributed by atoms with Gasteiger partial charge in [-0.3, -0.25) is 0 Å². The summed E-state index contributed by atoms with van der Waals surface area (Å²) in [5.74, 6) is 0.234. The van der Waals surface area contributed by atoms with Gasteiger partial charge in [0.2, 0.25) is 0 Å². The van der Waals surface area contributed by atoms with Gasteiger partial charge < -0.3 is 15.3 Å². The highest BCUT2D eigenvalue weighted by Crippen LogP contribution is 2.28. The molecular weight excluding hydrogens is 240 g/mol. The largest absolute Gasteiger partial charge is 0.508 e. The average molecular weight is 258 g/mol. The van der Waals surface area contributed by atoms with Crippen LogP contribution >= 0.6 is 0 Å². The summed E-state index contributed by atoms with van der Waals surface area (Å²) >= 11 is 0. The van der Waals surface area contributed by atoms with Crippen molar-refractivity contribution in [2.24, 2.45) is 0 Å². The molecule has 0 amide bonds. The van der Waals surface area contributed by atoms with Gasteiger partial charge in [-0.2, -0.15) is 0 Å². The van der Waals surface area contributed by atoms with Crippen molar-refractivity contribution in [1.82, 2.24) is 0 Å². The van der Waals surface area contributed by atoms with Crippen molar-refractivity contribution >= 4 is 0 Å². The number of benzene rings is 2. The molecule has 0 saturated carbocycles. The quantitative estimate of drug-likeness (QED) is 0.793. The summed E-state index contributed by atoms with van der Waals surface area (Å²) in [7, 11) is 0. The minimum absolute atomic E-state index is 0.234. The summed E-state index contributed by atoms with van der Waals surface area (Å²) in [6.45, 7) is 3.15. The summed E-state index contributed by atoms with van der Waals surface area (Å²) in [6.07, 6.45) is -0.915. The van der Waals surface area contributed by atoms with Crippen LogP contribution in [-0.2, 0) is 0 Å². The smallest absolute Gasteiger partial charge is 0.115 e. The summed E-state index contributed by atoms with van der Waals surface area (Å²) in [5.41, 5.74) is 1.49. The zero-order valence-electron chi connectivity index (χ0n) is 11.0. The van der Waals surface area contributed by atoms with E-state index in [2.05, 4.69) is 0 Å². The molecule has 2 rings (SSSR count). The van der Waals surface area contributed by atoms with Crippen molar-refractivity contribution in [3.8, 4) is 16.9 Å². The fourth-order valence-corrected chi connectivity index (χ4v) is 1.92. The topological polar surface area (TPSA) is 60.7 Å². The van der Waals surface area contributed by atoms with Crippen LogP contribution in [0.15, 0.2) is 48.5 Å². The number of hydrogen-bond acceptors (Lipinski definition) is 3. The van der Waals surface area contributed by atoms with E-state index in [1.807, 2.05) is 24.3 Å². The molecular formula is C16H18O3. The lowest BCUT2D eigenvalue weighted by Crippen LogP contribution is -2.28. The molecule has 0 aliphatic carbocycles. The van der Waals surface area contributed by atoms with Crippen LogP contribution in [0.2, 0.25) is 0 Å². The normalized spacial score (nSPS) is 13.3. The van der Waals surface area contributed by atoms with E-state index in [1.165, 1.54) is 0 Å². The zero-order chi connectivity index (χ0) is 14.0. The average Bonchev–Trinajstić information content (AvgIpc) is 2.38. The van der Waals surface area contributed by atoms with Crippen molar-refractivity contribution in [1.29, 1.82) is 0 Å². The lowest BCUT2D eigenvalue weighted by molar-refractivity contribution is -0.0496. The van der Waals surface area contributed by atoms with E-state index in [-0.39, 0.29) is 5.75 Å². The molecule has 3 N–H and O–H groups in total. The standard InChI is InChI=1S/C16H18O3/c1-16(2,19)15(18)13-5-3-11(4-6-13)12-7-9-14(17)10-8-12/h3-10,15,17-19H,1-2H3. The summed E-state index contributed by atoms with van der Waals surface area (Å²) < 4.78 is 0. The SMILES string of the molecule is CC(C)(O)C(O)c1ccc(-c2ccc(O)cc2)cc1. The summed E-state index contributed by atoms with van der Waals surface area (Å²) in [5, 5.41) is 29.0. The molecule has 0 radical (unpaired) electrons. The molecule has 0 fully saturated rings. The van der Waals surface area contributed by atoms with Gasteiger partial charge in [-0.1, -0.05) is 36.4 Å². The number of phenols is 1. The molecule has 0 aromatic heterocycles. The Labute approximate surface area is 112 Å². The van der Waals surface area contributed by atoms with Crippen molar-refractivity contribution < 1.29 is 15.3 Å². The lowest BCUT2D eigenvalue weighted by Gasteiger charge is -2.24. The molecule has 3 heteroatoms. The molecule has 0 heterocycles. The van der Waals surface area contributed by atoms with E-state index in [1.54, 1.807) is 38.1 Å². The van der Waals surface area contributed by atoms with Crippen molar-refractivity contribution in [2.75, 3.05) is 0 Å². The third-order valence-electron chi connectivity index (χ3n) is 3.10. The Bertz CT molecular complexity index is 536. The number of phenolic OH excluding ortho intramolecular Hbond substituents is 1. The Kier molecular flexibility index (Phi) is 3.60. The highest BCUT2D eigenvalue weighted by molar-refractivity contribution is 5.64. The molecule has 0 aliphatic rings. The third-order valence-corrected chi connectivity index (χ3v) is 3.10. The van der Waals surface area contributed by atoms with Crippen LogP contribution in [-0.4, -0.2) is 20.9 Å². The van der Waals surface area contributed by atoms with E-state index in [0.29, 0.717) is 5.56 Å². The molecule has 0 saturated heterocycles. The summed E-state index contributed by atoms with van der Waals surface area (Å²) in [4.78, 5) is 0. The van der Waals surface area contributed by atoms with Crippen LogP contribution in [0.4, 0.5) is 0 Å². The van der Waals surface area contributed by atoms with Gasteiger partial charge in [-0.25, -0.2) is 0 Å². The molecule has 2 aromatic rings. The Balaban J connectivity index is 2.26. The van der Waals surface area contributed by atoms with Crippen LogP contribution < -0.4 is 0 Å². The first-order valence-electron chi connectivity index (χ1n) is 6.18. The molecule has 1 atom stereocenters. The van der Waals surface area contributed by atoms with Gasteiger partial charge in [-0.05, 0) is 42.7 Å². The Morgan fingerprint density at radius 2 is 1.26 bits per heavy atom. The minimum Gasteiger partial charge on any atom is -0.508 e. The first kappa shape index (κ1) is 13.6. The van der Waals surface area contributed by atoms with Crippen LogP contribution in [0.1, 0.15) is 25.5 Å². The Hall–Kier alpha value is -1.84. The first-order valence-corrected chi connectivity index (χ1v) is 6.18. The van der Waals surface area contributed by atoms with Gasteiger partial charge in [0.05, 0.1) is 5.60 Å². The van der Waals surface area contributed by atoms with E-state index in [4.69, 9.17) is 0 Å². The van der Waals surface area contributed by atoms with Crippen LogP contribution in [0, 0.1) is 0 Å². The second-order valence-electron chi connectivity index (χ2n) is 5.23. The molecule has 100 valence electrons. The van der Waals surface area contributed by atoms with E-state index in [0.717, 1.165) is 11.1 Å². The third kappa shape index (κ3) is 3.13. The van der Waals surface area contributed by atoms with Gasteiger partial charge in [0.15, 0.2) is 0 Å². The monoisotopic (exact) mass is 258 g/mol. The fourth-order valence-electron chi connectivity index (χ4n) is 1.92. The number of aliphatic hydroxyl groups excluding tert-OH is 1. The highest BCUT2D eigenvalue weighted by Gasteiger charge is 2.25. The maximum Gasteiger partial charge on any atom is 0.115 e. The van der Waals surface area contributed by atoms with Gasteiger partial charge in [0, 0.05) is 0 Å². The lowest BCUT2D eigenvalue weighted by atomic mass is 9.93. The second kappa shape index (κ2) is 5.03. The fraction of sp³-hybridized carbons (Fsp3) is 0.250. The van der Waals surface area contributed by atoms with Crippen LogP contribution in [0.25, 0.3) is 11.1 Å². The van der Waals surface area contributed by atoms with Gasteiger partial charge in [-0.15, -0.1) is 0 Å². The van der Waals surface area contributed by atoms with Crippen molar-refractivity contribution in [2.45, 2.75) is 25.6 Å². The van der Waals surface area contributed by atoms with Crippen LogP contribution in [0.3, 0.4) is 0 Å². The van der Waals surface area contributed by atoms with E-state index < -0.39 is 11.7 Å². The maximum absolute atomic E-state index is 9.97. The number of aromatic hydroxyl groups is 1. The molecule has 0 bridgehead atoms. The van der Waals surface area contributed by atoms with Gasteiger partial charge >= 0.3 is 0 Å². The number of aliphatic hydroxyl groups is 2. The highest BCUT2D eigenvalue weighted by atomic mass is 16.3. The maximum atomic E-state index is 9.97. The van der Waals surface area contributed by atoms with Crippen molar-refractivity contribution in [3.05, 3.63) is 54.1 Å².